The number of benzene rings is 1. The molecule has 2 heterocycles. The zero-order chi connectivity index (χ0) is 21.2. The molecule has 0 spiro atoms. The molecule has 0 aliphatic carbocycles. The van der Waals surface area contributed by atoms with Crippen LogP contribution < -0.4 is 0 Å². The van der Waals surface area contributed by atoms with Gasteiger partial charge in [-0.1, -0.05) is 29.8 Å². The zero-order valence-electron chi connectivity index (χ0n) is 17.6. The average molecular weight is 416 g/mol. The van der Waals surface area contributed by atoms with E-state index >= 15 is 0 Å². The second-order valence-corrected chi connectivity index (χ2v) is 9.97. The van der Waals surface area contributed by atoms with Gasteiger partial charge in [0.15, 0.2) is 9.84 Å². The Balaban J connectivity index is 1.75. The highest BCUT2D eigenvalue weighted by Gasteiger charge is 2.33. The largest absolute Gasteiger partial charge is 0.335 e. The molecule has 0 saturated carbocycles. The van der Waals surface area contributed by atoms with E-state index in [1.807, 2.05) is 25.5 Å². The Morgan fingerprint density at radius 1 is 1.24 bits per heavy atom. The minimum atomic E-state index is -3.03. The normalized spacial score (nSPS) is 18.4. The third kappa shape index (κ3) is 4.96. The smallest absolute Gasteiger partial charge is 0.246 e. The number of rotatable bonds is 6. The number of aromatic nitrogens is 2. The van der Waals surface area contributed by atoms with Gasteiger partial charge < -0.3 is 4.90 Å². The zero-order valence-corrected chi connectivity index (χ0v) is 18.4. The summed E-state index contributed by atoms with van der Waals surface area (Å²) in [5.74, 6) is 0.0713. The topological polar surface area (TPSA) is 72.3 Å². The molecule has 156 valence electrons. The van der Waals surface area contributed by atoms with Gasteiger partial charge in [0.05, 0.1) is 23.7 Å². The number of sulfone groups is 1. The molecule has 1 aliphatic rings. The van der Waals surface area contributed by atoms with Crippen molar-refractivity contribution in [1.29, 1.82) is 0 Å². The van der Waals surface area contributed by atoms with Gasteiger partial charge in [0.25, 0.3) is 0 Å². The van der Waals surface area contributed by atoms with Crippen molar-refractivity contribution in [3.8, 4) is 0 Å². The van der Waals surface area contributed by atoms with Gasteiger partial charge in [0.2, 0.25) is 5.91 Å². The van der Waals surface area contributed by atoms with Crippen molar-refractivity contribution in [1.82, 2.24) is 14.7 Å². The fourth-order valence-electron chi connectivity index (χ4n) is 3.84. The molecule has 1 aliphatic heterocycles. The molecular weight excluding hydrogens is 386 g/mol. The molecule has 6 nitrogen and oxygen atoms in total. The number of aryl methyl sites for hydroxylation is 2. The van der Waals surface area contributed by atoms with Crippen molar-refractivity contribution in [2.75, 3.05) is 18.1 Å². The second kappa shape index (κ2) is 8.53. The summed E-state index contributed by atoms with van der Waals surface area (Å²) in [7, 11) is -3.03. The summed E-state index contributed by atoms with van der Waals surface area (Å²) in [6, 6.07) is 8.14. The van der Waals surface area contributed by atoms with Gasteiger partial charge in [-0.15, -0.1) is 0 Å². The Bertz CT molecular complexity index is 1020. The molecule has 3 rings (SSSR count). The fraction of sp³-hybridized carbons (Fsp3) is 0.455. The Hall–Kier alpha value is -2.41. The van der Waals surface area contributed by atoms with Crippen LogP contribution in [0.2, 0.25) is 0 Å². The van der Waals surface area contributed by atoms with Crippen molar-refractivity contribution in [3.63, 3.8) is 0 Å². The van der Waals surface area contributed by atoms with Gasteiger partial charge >= 0.3 is 0 Å². The summed E-state index contributed by atoms with van der Waals surface area (Å²) in [6.07, 6.45) is 3.86. The lowest BCUT2D eigenvalue weighted by Gasteiger charge is -2.25. The SMILES string of the molecule is CCN(C(=O)/C=C/c1c(C)nn(Cc2ccc(C)cc2)c1C)C1CCS(=O)(=O)C1. The molecule has 1 aromatic heterocycles. The van der Waals surface area contributed by atoms with Crippen LogP contribution in [-0.4, -0.2) is 53.1 Å². The average Bonchev–Trinajstić information content (AvgIpc) is 3.15. The maximum Gasteiger partial charge on any atom is 0.246 e. The second-order valence-electron chi connectivity index (χ2n) is 7.74. The van der Waals surface area contributed by atoms with E-state index < -0.39 is 9.84 Å². The number of carbonyl (C=O) groups is 1. The summed E-state index contributed by atoms with van der Waals surface area (Å²) >= 11 is 0. The molecule has 7 heteroatoms. The standard InChI is InChI=1S/C22H29N3O3S/c1-5-24(20-12-13-29(27,28)15-20)22(26)11-10-21-17(3)23-25(18(21)4)14-19-8-6-16(2)7-9-19/h6-11,20H,5,12-15H2,1-4H3/b11-10+. The van der Waals surface area contributed by atoms with E-state index in [1.165, 1.54) is 11.1 Å². The number of hydrogen-bond donors (Lipinski definition) is 0. The van der Waals surface area contributed by atoms with Gasteiger partial charge in [0, 0.05) is 29.9 Å². The van der Waals surface area contributed by atoms with E-state index in [9.17, 15) is 13.2 Å². The monoisotopic (exact) mass is 415 g/mol. The van der Waals surface area contributed by atoms with Gasteiger partial charge in [-0.05, 0) is 45.8 Å². The Morgan fingerprint density at radius 3 is 2.52 bits per heavy atom. The van der Waals surface area contributed by atoms with Crippen LogP contribution in [0, 0.1) is 20.8 Å². The van der Waals surface area contributed by atoms with Gasteiger partial charge in [-0.2, -0.15) is 5.10 Å². The van der Waals surface area contributed by atoms with Crippen LogP contribution >= 0.6 is 0 Å². The highest BCUT2D eigenvalue weighted by Crippen LogP contribution is 2.20. The molecule has 1 atom stereocenters. The van der Waals surface area contributed by atoms with E-state index in [-0.39, 0.29) is 23.5 Å². The summed E-state index contributed by atoms with van der Waals surface area (Å²) in [5, 5.41) is 4.63. The van der Waals surface area contributed by atoms with Crippen molar-refractivity contribution in [3.05, 3.63) is 58.4 Å². The maximum absolute atomic E-state index is 12.7. The quantitative estimate of drug-likeness (QED) is 0.680. The summed E-state index contributed by atoms with van der Waals surface area (Å²) in [6.45, 7) is 9.05. The molecule has 1 amide bonds. The van der Waals surface area contributed by atoms with Crippen molar-refractivity contribution in [2.45, 2.75) is 46.7 Å². The molecule has 0 radical (unpaired) electrons. The van der Waals surface area contributed by atoms with Crippen molar-refractivity contribution >= 4 is 21.8 Å². The molecule has 1 unspecified atom stereocenters. The van der Waals surface area contributed by atoms with E-state index in [1.54, 1.807) is 17.1 Å². The number of hydrogen-bond acceptors (Lipinski definition) is 4. The first-order valence-electron chi connectivity index (χ1n) is 9.99. The highest BCUT2D eigenvalue weighted by molar-refractivity contribution is 7.91. The molecule has 0 bridgehead atoms. The maximum atomic E-state index is 12.7. The lowest BCUT2D eigenvalue weighted by atomic mass is 10.1. The third-order valence-electron chi connectivity index (χ3n) is 5.56. The Morgan fingerprint density at radius 2 is 1.93 bits per heavy atom. The van der Waals surface area contributed by atoms with Crippen LogP contribution in [0.4, 0.5) is 0 Å². The first-order chi connectivity index (χ1) is 13.7. The number of nitrogens with zero attached hydrogens (tertiary/aromatic N) is 3. The minimum Gasteiger partial charge on any atom is -0.335 e. The fourth-order valence-corrected chi connectivity index (χ4v) is 5.57. The van der Waals surface area contributed by atoms with Crippen LogP contribution in [0.25, 0.3) is 6.08 Å². The predicted octanol–water partition coefficient (Wildman–Crippen LogP) is 2.91. The molecule has 2 aromatic rings. The van der Waals surface area contributed by atoms with Crippen molar-refractivity contribution in [2.24, 2.45) is 0 Å². The van der Waals surface area contributed by atoms with Gasteiger partial charge in [-0.3, -0.25) is 9.48 Å². The molecule has 1 fully saturated rings. The molecule has 1 saturated heterocycles. The number of likely N-dealkylation sites (N-methyl/N-ethyl adjacent to an activating group) is 1. The van der Waals surface area contributed by atoms with Crippen LogP contribution in [0.3, 0.4) is 0 Å². The lowest BCUT2D eigenvalue weighted by Crippen LogP contribution is -2.40. The minimum absolute atomic E-state index is 0.0625. The van der Waals surface area contributed by atoms with Crippen LogP contribution in [0.15, 0.2) is 30.3 Å². The lowest BCUT2D eigenvalue weighted by molar-refractivity contribution is -0.127. The van der Waals surface area contributed by atoms with E-state index in [2.05, 4.69) is 36.3 Å². The summed E-state index contributed by atoms with van der Waals surface area (Å²) in [4.78, 5) is 14.4. The predicted molar refractivity (Wildman–Crippen MR) is 115 cm³/mol. The van der Waals surface area contributed by atoms with E-state index in [0.29, 0.717) is 19.5 Å². The summed E-state index contributed by atoms with van der Waals surface area (Å²) in [5.41, 5.74) is 5.19. The Kier molecular flexibility index (Phi) is 6.27. The van der Waals surface area contributed by atoms with E-state index in [0.717, 1.165) is 17.0 Å². The number of carbonyl (C=O) groups excluding carboxylic acids is 1. The first kappa shape index (κ1) is 21.3. The van der Waals surface area contributed by atoms with Crippen molar-refractivity contribution < 1.29 is 13.2 Å². The molecule has 29 heavy (non-hydrogen) atoms. The summed E-state index contributed by atoms with van der Waals surface area (Å²) < 4.78 is 25.5. The first-order valence-corrected chi connectivity index (χ1v) is 11.8. The highest BCUT2D eigenvalue weighted by atomic mass is 32.2. The number of amides is 1. The Labute approximate surface area is 173 Å². The third-order valence-corrected chi connectivity index (χ3v) is 7.31. The van der Waals surface area contributed by atoms with E-state index in [4.69, 9.17) is 0 Å². The molecule has 0 N–H and O–H groups in total. The van der Waals surface area contributed by atoms with Gasteiger partial charge in [0.1, 0.15) is 0 Å². The van der Waals surface area contributed by atoms with Crippen LogP contribution in [0.5, 0.6) is 0 Å². The van der Waals surface area contributed by atoms with Gasteiger partial charge in [-0.25, -0.2) is 8.42 Å². The molecular formula is C22H29N3O3S. The molecule has 1 aromatic carbocycles. The van der Waals surface area contributed by atoms with Crippen LogP contribution in [0.1, 0.15) is 41.4 Å². The van der Waals surface area contributed by atoms with Crippen LogP contribution in [-0.2, 0) is 21.2 Å².